The maximum Gasteiger partial charge on any atom is 0.317 e. The summed E-state index contributed by atoms with van der Waals surface area (Å²) in [7, 11) is 0. The standard InChI is InChI=1S/C9H18N2O3/c1-3-6-10-9(14)11(4-2)7-5-8(12)13/h3-7H2,1-2H3,(H,10,14)(H,12,13). The molecule has 82 valence electrons. The second kappa shape index (κ2) is 7.17. The summed E-state index contributed by atoms with van der Waals surface area (Å²) < 4.78 is 0. The van der Waals surface area contributed by atoms with Gasteiger partial charge in [-0.15, -0.1) is 0 Å². The second-order valence-corrected chi connectivity index (χ2v) is 2.96. The number of urea groups is 1. The van der Waals surface area contributed by atoms with E-state index in [2.05, 4.69) is 5.32 Å². The lowest BCUT2D eigenvalue weighted by Crippen LogP contribution is -2.41. The van der Waals surface area contributed by atoms with Crippen LogP contribution in [0.1, 0.15) is 26.7 Å². The molecule has 0 aliphatic heterocycles. The van der Waals surface area contributed by atoms with Gasteiger partial charge in [-0.1, -0.05) is 6.92 Å². The number of carbonyl (C=O) groups is 2. The van der Waals surface area contributed by atoms with E-state index in [1.807, 2.05) is 13.8 Å². The number of amides is 2. The number of carbonyl (C=O) groups excluding carboxylic acids is 1. The van der Waals surface area contributed by atoms with Gasteiger partial charge in [0.05, 0.1) is 6.42 Å². The molecule has 0 unspecified atom stereocenters. The summed E-state index contributed by atoms with van der Waals surface area (Å²) in [6.07, 6.45) is 0.871. The lowest BCUT2D eigenvalue weighted by molar-refractivity contribution is -0.137. The van der Waals surface area contributed by atoms with Gasteiger partial charge in [-0.05, 0) is 13.3 Å². The molecule has 0 bridgehead atoms. The Balaban J connectivity index is 3.86. The zero-order chi connectivity index (χ0) is 11.0. The molecule has 0 aromatic rings. The smallest absolute Gasteiger partial charge is 0.317 e. The summed E-state index contributed by atoms with van der Waals surface area (Å²) in [6, 6.07) is -0.185. The maximum atomic E-state index is 11.4. The molecule has 0 aromatic carbocycles. The van der Waals surface area contributed by atoms with Crippen molar-refractivity contribution in [1.29, 1.82) is 0 Å². The molecule has 0 fully saturated rings. The van der Waals surface area contributed by atoms with E-state index in [0.29, 0.717) is 13.1 Å². The van der Waals surface area contributed by atoms with Crippen LogP contribution >= 0.6 is 0 Å². The van der Waals surface area contributed by atoms with Gasteiger partial charge < -0.3 is 15.3 Å². The van der Waals surface area contributed by atoms with Crippen LogP contribution in [0.15, 0.2) is 0 Å². The maximum absolute atomic E-state index is 11.4. The molecule has 0 aromatic heterocycles. The third-order valence-electron chi connectivity index (χ3n) is 1.79. The second-order valence-electron chi connectivity index (χ2n) is 2.96. The summed E-state index contributed by atoms with van der Waals surface area (Å²) >= 11 is 0. The lowest BCUT2D eigenvalue weighted by atomic mass is 10.4. The first-order valence-electron chi connectivity index (χ1n) is 4.86. The average molecular weight is 202 g/mol. The van der Waals surface area contributed by atoms with Crippen LogP contribution in [0.5, 0.6) is 0 Å². The molecule has 2 amide bonds. The van der Waals surface area contributed by atoms with Crippen molar-refractivity contribution in [3.63, 3.8) is 0 Å². The third kappa shape index (κ3) is 5.40. The Kier molecular flexibility index (Phi) is 6.53. The Morgan fingerprint density at radius 2 is 2.00 bits per heavy atom. The van der Waals surface area contributed by atoms with Gasteiger partial charge in [0.2, 0.25) is 0 Å². The van der Waals surface area contributed by atoms with E-state index in [4.69, 9.17) is 5.11 Å². The van der Waals surface area contributed by atoms with Crippen LogP contribution in [0.4, 0.5) is 4.79 Å². The minimum Gasteiger partial charge on any atom is -0.481 e. The van der Waals surface area contributed by atoms with Gasteiger partial charge >= 0.3 is 12.0 Å². The first-order chi connectivity index (χ1) is 6.61. The number of aliphatic carboxylic acids is 1. The minimum atomic E-state index is -0.883. The van der Waals surface area contributed by atoms with E-state index in [-0.39, 0.29) is 19.0 Å². The van der Waals surface area contributed by atoms with Gasteiger partial charge in [-0.25, -0.2) is 4.79 Å². The van der Waals surface area contributed by atoms with Crippen molar-refractivity contribution in [1.82, 2.24) is 10.2 Å². The van der Waals surface area contributed by atoms with E-state index >= 15 is 0 Å². The Morgan fingerprint density at radius 1 is 1.36 bits per heavy atom. The molecule has 5 heteroatoms. The molecule has 5 nitrogen and oxygen atoms in total. The molecule has 0 spiro atoms. The normalized spacial score (nSPS) is 9.57. The van der Waals surface area contributed by atoms with Crippen molar-refractivity contribution >= 4 is 12.0 Å². The Hall–Kier alpha value is -1.26. The van der Waals surface area contributed by atoms with E-state index < -0.39 is 5.97 Å². The Morgan fingerprint density at radius 3 is 2.43 bits per heavy atom. The number of nitrogens with one attached hydrogen (secondary N) is 1. The van der Waals surface area contributed by atoms with Crippen LogP contribution in [0, 0.1) is 0 Å². The summed E-state index contributed by atoms with van der Waals surface area (Å²) in [5.74, 6) is -0.883. The summed E-state index contributed by atoms with van der Waals surface area (Å²) in [4.78, 5) is 23.2. The molecule has 0 radical (unpaired) electrons. The van der Waals surface area contributed by atoms with Crippen LogP contribution in [0.25, 0.3) is 0 Å². The van der Waals surface area contributed by atoms with Crippen LogP contribution in [-0.2, 0) is 4.79 Å². The fourth-order valence-electron chi connectivity index (χ4n) is 0.978. The van der Waals surface area contributed by atoms with Crippen molar-refractivity contribution in [3.8, 4) is 0 Å². The number of hydrogen-bond donors (Lipinski definition) is 2. The molecule has 0 rings (SSSR count). The Labute approximate surface area is 84.1 Å². The zero-order valence-electron chi connectivity index (χ0n) is 8.75. The fourth-order valence-corrected chi connectivity index (χ4v) is 0.978. The van der Waals surface area contributed by atoms with Gasteiger partial charge in [-0.2, -0.15) is 0 Å². The fraction of sp³-hybridized carbons (Fsp3) is 0.778. The number of hydrogen-bond acceptors (Lipinski definition) is 2. The van der Waals surface area contributed by atoms with Gasteiger partial charge in [-0.3, -0.25) is 4.79 Å². The number of carboxylic acids is 1. The van der Waals surface area contributed by atoms with Crippen molar-refractivity contribution in [2.45, 2.75) is 26.7 Å². The SMILES string of the molecule is CCCNC(=O)N(CC)CCC(=O)O. The molecule has 0 aliphatic rings. The first kappa shape index (κ1) is 12.7. The molecule has 0 aliphatic carbocycles. The molecule has 0 heterocycles. The predicted octanol–water partition coefficient (Wildman–Crippen LogP) is 0.903. The first-order valence-corrected chi connectivity index (χ1v) is 4.86. The molecular formula is C9H18N2O3. The number of nitrogens with zero attached hydrogens (tertiary/aromatic N) is 1. The average Bonchev–Trinajstić information content (AvgIpc) is 2.15. The van der Waals surface area contributed by atoms with Crippen molar-refractivity contribution in [3.05, 3.63) is 0 Å². The van der Waals surface area contributed by atoms with Crippen LogP contribution in [-0.4, -0.2) is 41.6 Å². The summed E-state index contributed by atoms with van der Waals surface area (Å²) in [6.45, 7) is 5.22. The highest BCUT2D eigenvalue weighted by Crippen LogP contribution is 1.92. The quantitative estimate of drug-likeness (QED) is 0.672. The van der Waals surface area contributed by atoms with Crippen LogP contribution < -0.4 is 5.32 Å². The van der Waals surface area contributed by atoms with Crippen molar-refractivity contribution in [2.24, 2.45) is 0 Å². The highest BCUT2D eigenvalue weighted by atomic mass is 16.4. The van der Waals surface area contributed by atoms with E-state index in [9.17, 15) is 9.59 Å². The predicted molar refractivity (Wildman–Crippen MR) is 53.2 cm³/mol. The largest absolute Gasteiger partial charge is 0.481 e. The van der Waals surface area contributed by atoms with Crippen molar-refractivity contribution in [2.75, 3.05) is 19.6 Å². The van der Waals surface area contributed by atoms with E-state index in [0.717, 1.165) is 6.42 Å². The highest BCUT2D eigenvalue weighted by molar-refractivity contribution is 5.75. The third-order valence-corrected chi connectivity index (χ3v) is 1.79. The molecular weight excluding hydrogens is 184 g/mol. The van der Waals surface area contributed by atoms with Gasteiger partial charge in [0.25, 0.3) is 0 Å². The van der Waals surface area contributed by atoms with Crippen molar-refractivity contribution < 1.29 is 14.7 Å². The van der Waals surface area contributed by atoms with Gasteiger partial charge in [0, 0.05) is 19.6 Å². The van der Waals surface area contributed by atoms with Gasteiger partial charge in [0.1, 0.15) is 0 Å². The minimum absolute atomic E-state index is 0.00656. The molecule has 0 saturated heterocycles. The van der Waals surface area contributed by atoms with Crippen LogP contribution in [0.2, 0.25) is 0 Å². The molecule has 14 heavy (non-hydrogen) atoms. The van der Waals surface area contributed by atoms with Gasteiger partial charge in [0.15, 0.2) is 0 Å². The highest BCUT2D eigenvalue weighted by Gasteiger charge is 2.11. The molecule has 0 atom stereocenters. The monoisotopic (exact) mass is 202 g/mol. The van der Waals surface area contributed by atoms with Crippen LogP contribution in [0.3, 0.4) is 0 Å². The van der Waals surface area contributed by atoms with E-state index in [1.165, 1.54) is 4.90 Å². The number of carboxylic acid groups (broad SMARTS) is 1. The summed E-state index contributed by atoms with van der Waals surface area (Å²) in [5.41, 5.74) is 0. The topological polar surface area (TPSA) is 69.6 Å². The molecule has 2 N–H and O–H groups in total. The Bertz CT molecular complexity index is 194. The number of rotatable bonds is 6. The van der Waals surface area contributed by atoms with E-state index in [1.54, 1.807) is 0 Å². The lowest BCUT2D eigenvalue weighted by Gasteiger charge is -2.20. The molecule has 0 saturated carbocycles. The summed E-state index contributed by atoms with van der Waals surface area (Å²) in [5, 5.41) is 11.2. The zero-order valence-corrected chi connectivity index (χ0v) is 8.75.